The lowest BCUT2D eigenvalue weighted by Crippen LogP contribution is -2.49. The SMILES string of the molecule is CC(C)NCCC(=O)N1CCN(c2ccc(O)cc2)CC1. The molecule has 5 nitrogen and oxygen atoms in total. The first-order valence-electron chi connectivity index (χ1n) is 7.61. The van der Waals surface area contributed by atoms with Crippen LogP contribution in [0.4, 0.5) is 5.69 Å². The summed E-state index contributed by atoms with van der Waals surface area (Å²) >= 11 is 0. The molecular formula is C16H25N3O2. The predicted octanol–water partition coefficient (Wildman–Crippen LogP) is 1.43. The van der Waals surface area contributed by atoms with Crippen LogP contribution in [0, 0.1) is 0 Å². The fourth-order valence-electron chi connectivity index (χ4n) is 2.50. The maximum Gasteiger partial charge on any atom is 0.223 e. The molecule has 0 atom stereocenters. The van der Waals surface area contributed by atoms with Gasteiger partial charge in [-0.3, -0.25) is 4.79 Å². The molecule has 5 heteroatoms. The second kappa shape index (κ2) is 7.31. The zero-order valence-corrected chi connectivity index (χ0v) is 12.9. The molecule has 1 aromatic rings. The summed E-state index contributed by atoms with van der Waals surface area (Å²) in [6.45, 7) is 8.13. The normalized spacial score (nSPS) is 15.6. The van der Waals surface area contributed by atoms with E-state index in [1.165, 1.54) is 0 Å². The van der Waals surface area contributed by atoms with Crippen molar-refractivity contribution >= 4 is 11.6 Å². The number of rotatable bonds is 5. The molecular weight excluding hydrogens is 266 g/mol. The summed E-state index contributed by atoms with van der Waals surface area (Å²) in [6, 6.07) is 7.65. The van der Waals surface area contributed by atoms with Crippen molar-refractivity contribution in [1.82, 2.24) is 10.2 Å². The average Bonchev–Trinajstić information content (AvgIpc) is 2.48. The van der Waals surface area contributed by atoms with Crippen LogP contribution < -0.4 is 10.2 Å². The molecule has 1 aromatic carbocycles. The molecule has 2 N–H and O–H groups in total. The summed E-state index contributed by atoms with van der Waals surface area (Å²) < 4.78 is 0. The van der Waals surface area contributed by atoms with Crippen molar-refractivity contribution in [2.75, 3.05) is 37.6 Å². The first-order valence-corrected chi connectivity index (χ1v) is 7.61. The Morgan fingerprint density at radius 3 is 2.38 bits per heavy atom. The molecule has 1 saturated heterocycles. The van der Waals surface area contributed by atoms with Crippen LogP contribution in [0.3, 0.4) is 0 Å². The van der Waals surface area contributed by atoms with Gasteiger partial charge >= 0.3 is 0 Å². The van der Waals surface area contributed by atoms with E-state index in [-0.39, 0.29) is 11.7 Å². The first kappa shape index (κ1) is 15.6. The minimum absolute atomic E-state index is 0.230. The topological polar surface area (TPSA) is 55.8 Å². The number of carbonyl (C=O) groups excluding carboxylic acids is 1. The molecule has 0 bridgehead atoms. The Morgan fingerprint density at radius 2 is 1.81 bits per heavy atom. The van der Waals surface area contributed by atoms with E-state index >= 15 is 0 Å². The molecule has 0 spiro atoms. The van der Waals surface area contributed by atoms with Gasteiger partial charge in [-0.05, 0) is 24.3 Å². The van der Waals surface area contributed by atoms with Crippen molar-refractivity contribution in [1.29, 1.82) is 0 Å². The molecule has 21 heavy (non-hydrogen) atoms. The van der Waals surface area contributed by atoms with Crippen molar-refractivity contribution in [3.63, 3.8) is 0 Å². The Balaban J connectivity index is 1.77. The predicted molar refractivity (Wildman–Crippen MR) is 84.7 cm³/mol. The van der Waals surface area contributed by atoms with Gasteiger partial charge < -0.3 is 20.2 Å². The van der Waals surface area contributed by atoms with Crippen LogP contribution in [-0.2, 0) is 4.79 Å². The smallest absolute Gasteiger partial charge is 0.223 e. The number of aromatic hydroxyl groups is 1. The zero-order valence-electron chi connectivity index (χ0n) is 12.9. The molecule has 0 aromatic heterocycles. The Bertz CT molecular complexity index is 451. The van der Waals surface area contributed by atoms with Crippen molar-refractivity contribution in [3.8, 4) is 5.75 Å². The molecule has 0 saturated carbocycles. The van der Waals surface area contributed by atoms with Gasteiger partial charge in [-0.2, -0.15) is 0 Å². The molecule has 116 valence electrons. The Hall–Kier alpha value is -1.75. The molecule has 0 aliphatic carbocycles. The highest BCUT2D eigenvalue weighted by atomic mass is 16.3. The largest absolute Gasteiger partial charge is 0.508 e. The van der Waals surface area contributed by atoms with Crippen LogP contribution in [0.1, 0.15) is 20.3 Å². The number of anilines is 1. The van der Waals surface area contributed by atoms with Gasteiger partial charge in [-0.15, -0.1) is 0 Å². The molecule has 1 heterocycles. The Labute approximate surface area is 126 Å². The fraction of sp³-hybridized carbons (Fsp3) is 0.562. The lowest BCUT2D eigenvalue weighted by atomic mass is 10.2. The summed E-state index contributed by atoms with van der Waals surface area (Å²) in [5.74, 6) is 0.513. The lowest BCUT2D eigenvalue weighted by molar-refractivity contribution is -0.131. The average molecular weight is 291 g/mol. The molecule has 1 aliphatic rings. The molecule has 1 amide bonds. The summed E-state index contributed by atoms with van der Waals surface area (Å²) in [7, 11) is 0. The number of hydrogen-bond acceptors (Lipinski definition) is 4. The van der Waals surface area contributed by atoms with Gasteiger partial charge in [0, 0.05) is 50.9 Å². The van der Waals surface area contributed by atoms with E-state index in [1.807, 2.05) is 17.0 Å². The molecule has 0 radical (unpaired) electrons. The minimum Gasteiger partial charge on any atom is -0.508 e. The maximum absolute atomic E-state index is 12.1. The second-order valence-corrected chi connectivity index (χ2v) is 5.74. The number of amides is 1. The van der Waals surface area contributed by atoms with Gasteiger partial charge in [0.25, 0.3) is 0 Å². The van der Waals surface area contributed by atoms with Crippen molar-refractivity contribution in [2.24, 2.45) is 0 Å². The number of nitrogens with zero attached hydrogens (tertiary/aromatic N) is 2. The van der Waals surface area contributed by atoms with Gasteiger partial charge in [-0.25, -0.2) is 0 Å². The number of piperazine rings is 1. The van der Waals surface area contributed by atoms with E-state index in [9.17, 15) is 9.90 Å². The molecule has 1 fully saturated rings. The van der Waals surface area contributed by atoms with E-state index < -0.39 is 0 Å². The Morgan fingerprint density at radius 1 is 1.19 bits per heavy atom. The van der Waals surface area contributed by atoms with Crippen LogP contribution in [-0.4, -0.2) is 54.7 Å². The van der Waals surface area contributed by atoms with Gasteiger partial charge in [0.2, 0.25) is 5.91 Å². The summed E-state index contributed by atoms with van der Waals surface area (Å²) in [5.41, 5.74) is 1.10. The number of nitrogens with one attached hydrogen (secondary N) is 1. The summed E-state index contributed by atoms with van der Waals surface area (Å²) in [4.78, 5) is 16.3. The highest BCUT2D eigenvalue weighted by Crippen LogP contribution is 2.19. The molecule has 0 unspecified atom stereocenters. The quantitative estimate of drug-likeness (QED) is 0.862. The van der Waals surface area contributed by atoms with E-state index in [4.69, 9.17) is 0 Å². The standard InChI is InChI=1S/C16H25N3O2/c1-13(2)17-8-7-16(21)19-11-9-18(10-12-19)14-3-5-15(20)6-4-14/h3-6,13,17,20H,7-12H2,1-2H3. The van der Waals surface area contributed by atoms with Crippen LogP contribution >= 0.6 is 0 Å². The van der Waals surface area contributed by atoms with Crippen LogP contribution in [0.5, 0.6) is 5.75 Å². The third kappa shape index (κ3) is 4.63. The third-order valence-corrected chi connectivity index (χ3v) is 3.74. The highest BCUT2D eigenvalue weighted by Gasteiger charge is 2.20. The number of phenolic OH excluding ortho intramolecular Hbond substituents is 1. The Kier molecular flexibility index (Phi) is 5.44. The van der Waals surface area contributed by atoms with E-state index in [2.05, 4.69) is 24.1 Å². The molecule has 1 aliphatic heterocycles. The molecule has 2 rings (SSSR count). The second-order valence-electron chi connectivity index (χ2n) is 5.74. The van der Waals surface area contributed by atoms with E-state index in [0.717, 1.165) is 38.4 Å². The van der Waals surface area contributed by atoms with E-state index in [0.29, 0.717) is 12.5 Å². The third-order valence-electron chi connectivity index (χ3n) is 3.74. The van der Waals surface area contributed by atoms with Gasteiger partial charge in [0.1, 0.15) is 5.75 Å². The number of benzene rings is 1. The zero-order chi connectivity index (χ0) is 15.2. The number of hydrogen-bond donors (Lipinski definition) is 2. The van der Waals surface area contributed by atoms with Gasteiger partial charge in [0.05, 0.1) is 0 Å². The highest BCUT2D eigenvalue weighted by molar-refractivity contribution is 5.76. The monoisotopic (exact) mass is 291 g/mol. The van der Waals surface area contributed by atoms with Crippen LogP contribution in [0.2, 0.25) is 0 Å². The van der Waals surface area contributed by atoms with Crippen molar-refractivity contribution in [3.05, 3.63) is 24.3 Å². The summed E-state index contributed by atoms with van der Waals surface area (Å²) in [5, 5.41) is 12.6. The summed E-state index contributed by atoms with van der Waals surface area (Å²) in [6.07, 6.45) is 0.567. The number of carbonyl (C=O) groups is 1. The fourth-order valence-corrected chi connectivity index (χ4v) is 2.50. The van der Waals surface area contributed by atoms with Gasteiger partial charge in [0.15, 0.2) is 0 Å². The maximum atomic E-state index is 12.1. The lowest BCUT2D eigenvalue weighted by Gasteiger charge is -2.36. The van der Waals surface area contributed by atoms with Crippen molar-refractivity contribution in [2.45, 2.75) is 26.3 Å². The van der Waals surface area contributed by atoms with Crippen LogP contribution in [0.25, 0.3) is 0 Å². The van der Waals surface area contributed by atoms with E-state index in [1.54, 1.807) is 12.1 Å². The van der Waals surface area contributed by atoms with Gasteiger partial charge in [-0.1, -0.05) is 13.8 Å². The number of phenols is 1. The van der Waals surface area contributed by atoms with Crippen molar-refractivity contribution < 1.29 is 9.90 Å². The minimum atomic E-state index is 0.230. The first-order chi connectivity index (χ1) is 10.1. The van der Waals surface area contributed by atoms with Crippen LogP contribution in [0.15, 0.2) is 24.3 Å².